The van der Waals surface area contributed by atoms with Crippen LogP contribution in [0.5, 0.6) is 0 Å². The lowest BCUT2D eigenvalue weighted by Crippen LogP contribution is -1.90. The second-order valence-corrected chi connectivity index (χ2v) is 3.64. The summed E-state index contributed by atoms with van der Waals surface area (Å²) in [7, 11) is 0. The molecule has 0 atom stereocenters. The van der Waals surface area contributed by atoms with Gasteiger partial charge in [0.05, 0.1) is 6.20 Å². The minimum atomic E-state index is 0.455. The van der Waals surface area contributed by atoms with Crippen LogP contribution >= 0.6 is 11.8 Å². The van der Waals surface area contributed by atoms with E-state index in [9.17, 15) is 0 Å². The normalized spacial score (nSPS) is 9.80. The van der Waals surface area contributed by atoms with Crippen molar-refractivity contribution in [3.63, 3.8) is 0 Å². The van der Waals surface area contributed by atoms with Gasteiger partial charge in [0.15, 0.2) is 0 Å². The number of rotatable bonds is 3. The molecule has 0 fully saturated rings. The lowest BCUT2D eigenvalue weighted by molar-refractivity contribution is 0.454. The Hall–Kier alpha value is -1.80. The largest absolute Gasteiger partial charge is 0.440 e. The van der Waals surface area contributed by atoms with Gasteiger partial charge in [-0.25, -0.2) is 9.97 Å². The third-order valence-electron chi connectivity index (χ3n) is 1.76. The molecule has 2 aromatic heterocycles. The van der Waals surface area contributed by atoms with E-state index in [0.29, 0.717) is 16.7 Å². The Labute approximate surface area is 91.0 Å². The zero-order valence-corrected chi connectivity index (χ0v) is 8.57. The van der Waals surface area contributed by atoms with Crippen LogP contribution in [0.25, 0.3) is 0 Å². The molecule has 0 saturated carbocycles. The summed E-state index contributed by atoms with van der Waals surface area (Å²) in [5.74, 6) is 0.636. The minimum absolute atomic E-state index is 0.455. The molecule has 0 bridgehead atoms. The second kappa shape index (κ2) is 4.62. The fourth-order valence-corrected chi connectivity index (χ4v) is 1.85. The van der Waals surface area contributed by atoms with Gasteiger partial charge in [-0.2, -0.15) is 5.26 Å². The number of oxazole rings is 1. The maximum absolute atomic E-state index is 8.81. The molecular formula is C10H7N3OS. The maximum atomic E-state index is 8.81. The summed E-state index contributed by atoms with van der Waals surface area (Å²) in [4.78, 5) is 7.95. The van der Waals surface area contributed by atoms with Crippen molar-refractivity contribution in [1.29, 1.82) is 5.26 Å². The molecule has 0 amide bonds. The Kier molecular flexibility index (Phi) is 3.00. The molecule has 0 unspecified atom stereocenters. The van der Waals surface area contributed by atoms with Gasteiger partial charge in [0.1, 0.15) is 18.0 Å². The monoisotopic (exact) mass is 217 g/mol. The molecule has 0 aromatic carbocycles. The average Bonchev–Trinajstić information content (AvgIpc) is 2.79. The molecule has 0 aliphatic heterocycles. The Morgan fingerprint density at radius 3 is 3.07 bits per heavy atom. The van der Waals surface area contributed by atoms with Crippen LogP contribution in [0.15, 0.2) is 40.4 Å². The molecule has 0 aliphatic rings. The minimum Gasteiger partial charge on any atom is -0.440 e. The van der Waals surface area contributed by atoms with Gasteiger partial charge in [0.25, 0.3) is 5.22 Å². The third kappa shape index (κ3) is 2.36. The fraction of sp³-hybridized carbons (Fsp3) is 0.100. The Balaban J connectivity index is 2.08. The zero-order chi connectivity index (χ0) is 10.5. The van der Waals surface area contributed by atoms with Crippen molar-refractivity contribution in [2.45, 2.75) is 11.0 Å². The van der Waals surface area contributed by atoms with E-state index in [4.69, 9.17) is 9.68 Å². The third-order valence-corrected chi connectivity index (χ3v) is 2.66. The number of hydrogen-bond acceptors (Lipinski definition) is 5. The van der Waals surface area contributed by atoms with E-state index in [-0.39, 0.29) is 0 Å². The highest BCUT2D eigenvalue weighted by molar-refractivity contribution is 7.98. The molecule has 15 heavy (non-hydrogen) atoms. The van der Waals surface area contributed by atoms with Gasteiger partial charge in [-0.05, 0) is 11.6 Å². The van der Waals surface area contributed by atoms with E-state index in [1.165, 1.54) is 18.0 Å². The van der Waals surface area contributed by atoms with Gasteiger partial charge >= 0.3 is 0 Å². The van der Waals surface area contributed by atoms with Crippen molar-refractivity contribution >= 4 is 11.8 Å². The first-order chi connectivity index (χ1) is 7.40. The topological polar surface area (TPSA) is 62.7 Å². The van der Waals surface area contributed by atoms with Crippen LogP contribution in [0.4, 0.5) is 0 Å². The number of nitrogens with zero attached hydrogens (tertiary/aromatic N) is 3. The van der Waals surface area contributed by atoms with Crippen LogP contribution in [0.1, 0.15) is 11.3 Å². The lowest BCUT2D eigenvalue weighted by Gasteiger charge is -1.99. The van der Waals surface area contributed by atoms with Crippen LogP contribution in [-0.2, 0) is 5.75 Å². The molecule has 4 nitrogen and oxygen atoms in total. The Morgan fingerprint density at radius 2 is 2.33 bits per heavy atom. The molecule has 2 heterocycles. The highest BCUT2D eigenvalue weighted by Gasteiger charge is 2.04. The summed E-state index contributed by atoms with van der Waals surface area (Å²) in [6.45, 7) is 0. The first-order valence-corrected chi connectivity index (χ1v) is 5.25. The molecule has 2 aromatic rings. The molecule has 0 radical (unpaired) electrons. The van der Waals surface area contributed by atoms with Gasteiger partial charge in [-0.15, -0.1) is 0 Å². The Morgan fingerprint density at radius 1 is 1.40 bits per heavy atom. The molecule has 0 spiro atoms. The quantitative estimate of drug-likeness (QED) is 0.738. The molecule has 5 heteroatoms. The number of aromatic nitrogens is 2. The van der Waals surface area contributed by atoms with Crippen molar-refractivity contribution in [2.75, 3.05) is 0 Å². The number of hydrogen-bond donors (Lipinski definition) is 0. The van der Waals surface area contributed by atoms with E-state index in [0.717, 1.165) is 5.56 Å². The number of pyridine rings is 1. The lowest BCUT2D eigenvalue weighted by atomic mass is 10.2. The van der Waals surface area contributed by atoms with Gasteiger partial charge < -0.3 is 4.42 Å². The summed E-state index contributed by atoms with van der Waals surface area (Å²) >= 11 is 1.44. The Bertz CT molecular complexity index is 476. The van der Waals surface area contributed by atoms with Crippen LogP contribution in [-0.4, -0.2) is 9.97 Å². The second-order valence-electron chi connectivity index (χ2n) is 2.71. The standard InChI is InChI=1S/C10H7N3OS/c11-6-9-8(2-1-3-12-9)7-15-10-13-4-5-14-10/h1-5H,7H2. The zero-order valence-electron chi connectivity index (χ0n) is 7.75. The van der Waals surface area contributed by atoms with E-state index in [2.05, 4.69) is 16.0 Å². The highest BCUT2D eigenvalue weighted by atomic mass is 32.2. The summed E-state index contributed by atoms with van der Waals surface area (Å²) in [6.07, 6.45) is 4.73. The van der Waals surface area contributed by atoms with Gasteiger partial charge in [0.2, 0.25) is 0 Å². The highest BCUT2D eigenvalue weighted by Crippen LogP contribution is 2.21. The first kappa shape index (κ1) is 9.74. The van der Waals surface area contributed by atoms with E-state index >= 15 is 0 Å². The first-order valence-electron chi connectivity index (χ1n) is 4.26. The fourth-order valence-electron chi connectivity index (χ4n) is 1.08. The van der Waals surface area contributed by atoms with Crippen LogP contribution < -0.4 is 0 Å². The van der Waals surface area contributed by atoms with Gasteiger partial charge in [0, 0.05) is 11.9 Å². The molecule has 74 valence electrons. The van der Waals surface area contributed by atoms with Gasteiger partial charge in [-0.1, -0.05) is 17.8 Å². The predicted molar refractivity (Wildman–Crippen MR) is 55.0 cm³/mol. The van der Waals surface area contributed by atoms with Gasteiger partial charge in [-0.3, -0.25) is 0 Å². The molecule has 2 rings (SSSR count). The smallest absolute Gasteiger partial charge is 0.255 e. The predicted octanol–water partition coefficient (Wildman–Crippen LogP) is 2.23. The average molecular weight is 217 g/mol. The van der Waals surface area contributed by atoms with Crippen LogP contribution in [0, 0.1) is 11.3 Å². The van der Waals surface area contributed by atoms with E-state index in [1.807, 2.05) is 12.1 Å². The van der Waals surface area contributed by atoms with Crippen molar-refractivity contribution < 1.29 is 4.42 Å². The summed E-state index contributed by atoms with van der Waals surface area (Å²) in [5, 5.41) is 9.41. The van der Waals surface area contributed by atoms with Crippen molar-refractivity contribution in [2.24, 2.45) is 0 Å². The molecule has 0 N–H and O–H groups in total. The SMILES string of the molecule is N#Cc1ncccc1CSc1ncco1. The van der Waals surface area contributed by atoms with Crippen molar-refractivity contribution in [3.05, 3.63) is 42.0 Å². The summed E-state index contributed by atoms with van der Waals surface area (Å²) in [6, 6.07) is 5.74. The summed E-state index contributed by atoms with van der Waals surface area (Å²) < 4.78 is 5.08. The van der Waals surface area contributed by atoms with Crippen molar-refractivity contribution in [1.82, 2.24) is 9.97 Å². The van der Waals surface area contributed by atoms with Crippen molar-refractivity contribution in [3.8, 4) is 6.07 Å². The summed E-state index contributed by atoms with van der Waals surface area (Å²) in [5.41, 5.74) is 1.35. The van der Waals surface area contributed by atoms with Crippen LogP contribution in [0.3, 0.4) is 0 Å². The maximum Gasteiger partial charge on any atom is 0.255 e. The van der Waals surface area contributed by atoms with Crippen LogP contribution in [0.2, 0.25) is 0 Å². The molecule has 0 aliphatic carbocycles. The number of nitriles is 1. The number of thioether (sulfide) groups is 1. The molecule has 0 saturated heterocycles. The van der Waals surface area contributed by atoms with E-state index in [1.54, 1.807) is 12.4 Å². The molecular weight excluding hydrogens is 210 g/mol. The van der Waals surface area contributed by atoms with E-state index < -0.39 is 0 Å².